The molecule has 0 spiro atoms. The minimum atomic E-state index is 0.446. The number of nitrogens with two attached hydrogens (primary N) is 1. The third kappa shape index (κ3) is 2.26. The van der Waals surface area contributed by atoms with Gasteiger partial charge in [-0.2, -0.15) is 4.98 Å². The second-order valence-corrected chi connectivity index (χ2v) is 4.40. The van der Waals surface area contributed by atoms with Crippen LogP contribution in [0.15, 0.2) is 6.33 Å². The van der Waals surface area contributed by atoms with Gasteiger partial charge in [-0.3, -0.25) is 0 Å². The first-order chi connectivity index (χ1) is 8.13. The summed E-state index contributed by atoms with van der Waals surface area (Å²) in [6.45, 7) is 5.04. The smallest absolute Gasteiger partial charge is 0.242 e. The highest BCUT2D eigenvalue weighted by molar-refractivity contribution is 5.67. The van der Waals surface area contributed by atoms with Crippen molar-refractivity contribution in [2.75, 3.05) is 44.4 Å². The summed E-state index contributed by atoms with van der Waals surface area (Å²) in [7, 11) is 3.70. The molecule has 1 aromatic heterocycles. The van der Waals surface area contributed by atoms with Crippen LogP contribution in [0.2, 0.25) is 0 Å². The highest BCUT2D eigenvalue weighted by atomic mass is 16.5. The molecule has 2 heterocycles. The van der Waals surface area contributed by atoms with E-state index in [0.717, 1.165) is 25.5 Å². The molecular formula is C11H19N5O. The molecule has 1 aliphatic rings. The molecule has 0 aromatic carbocycles. The number of methoxy groups -OCH3 is 1. The fraction of sp³-hybridized carbons (Fsp3) is 0.636. The van der Waals surface area contributed by atoms with Crippen molar-refractivity contribution < 1.29 is 4.74 Å². The van der Waals surface area contributed by atoms with Gasteiger partial charge >= 0.3 is 0 Å². The quantitative estimate of drug-likeness (QED) is 0.793. The highest BCUT2D eigenvalue weighted by Gasteiger charge is 2.24. The summed E-state index contributed by atoms with van der Waals surface area (Å²) in [6, 6.07) is 0.490. The molecule has 1 aliphatic heterocycles. The zero-order chi connectivity index (χ0) is 12.4. The maximum Gasteiger partial charge on any atom is 0.242 e. The van der Waals surface area contributed by atoms with Crippen LogP contribution in [0.3, 0.4) is 0 Å². The van der Waals surface area contributed by atoms with Crippen molar-refractivity contribution in [2.45, 2.75) is 13.0 Å². The molecule has 1 unspecified atom stereocenters. The maximum atomic E-state index is 6.00. The molecule has 17 heavy (non-hydrogen) atoms. The number of likely N-dealkylation sites (N-methyl/N-ethyl adjacent to an activating group) is 1. The molecule has 94 valence electrons. The maximum absolute atomic E-state index is 6.00. The van der Waals surface area contributed by atoms with E-state index in [2.05, 4.69) is 33.7 Å². The lowest BCUT2D eigenvalue weighted by Crippen LogP contribution is -2.50. The topological polar surface area (TPSA) is 67.5 Å². The molecule has 1 aromatic rings. The lowest BCUT2D eigenvalue weighted by molar-refractivity contribution is 0.233. The number of anilines is 2. The van der Waals surface area contributed by atoms with Gasteiger partial charge < -0.3 is 20.3 Å². The van der Waals surface area contributed by atoms with Crippen molar-refractivity contribution in [3.05, 3.63) is 6.33 Å². The van der Waals surface area contributed by atoms with Crippen LogP contribution < -0.4 is 15.4 Å². The number of hydrogen-bond donors (Lipinski definition) is 1. The van der Waals surface area contributed by atoms with E-state index in [1.807, 2.05) is 0 Å². The monoisotopic (exact) mass is 237 g/mol. The first kappa shape index (κ1) is 11.9. The minimum Gasteiger partial charge on any atom is -0.479 e. The largest absolute Gasteiger partial charge is 0.479 e. The Morgan fingerprint density at radius 1 is 1.41 bits per heavy atom. The zero-order valence-corrected chi connectivity index (χ0v) is 10.6. The van der Waals surface area contributed by atoms with Crippen LogP contribution in [0.5, 0.6) is 5.88 Å². The average molecular weight is 237 g/mol. The molecule has 1 saturated heterocycles. The Labute approximate surface area is 101 Å². The second kappa shape index (κ2) is 4.75. The van der Waals surface area contributed by atoms with Crippen molar-refractivity contribution in [3.8, 4) is 5.88 Å². The van der Waals surface area contributed by atoms with Gasteiger partial charge in [-0.1, -0.05) is 0 Å². The average Bonchev–Trinajstić information content (AvgIpc) is 2.33. The van der Waals surface area contributed by atoms with Gasteiger partial charge in [0.25, 0.3) is 0 Å². The van der Waals surface area contributed by atoms with Crippen LogP contribution in [-0.4, -0.2) is 54.7 Å². The molecule has 0 aliphatic carbocycles. The van der Waals surface area contributed by atoms with Crippen LogP contribution in [0.1, 0.15) is 6.92 Å². The van der Waals surface area contributed by atoms with Crippen LogP contribution in [0.25, 0.3) is 0 Å². The third-order valence-corrected chi connectivity index (χ3v) is 3.28. The van der Waals surface area contributed by atoms with Gasteiger partial charge in [-0.05, 0) is 14.0 Å². The molecule has 2 N–H and O–H groups in total. The fourth-order valence-electron chi connectivity index (χ4n) is 2.03. The number of aromatic nitrogens is 2. The summed E-state index contributed by atoms with van der Waals surface area (Å²) in [4.78, 5) is 12.8. The van der Waals surface area contributed by atoms with Gasteiger partial charge in [0.2, 0.25) is 5.88 Å². The van der Waals surface area contributed by atoms with Crippen LogP contribution in [-0.2, 0) is 0 Å². The van der Waals surface area contributed by atoms with Crippen molar-refractivity contribution in [1.29, 1.82) is 0 Å². The van der Waals surface area contributed by atoms with E-state index in [1.54, 1.807) is 7.11 Å². The first-order valence-electron chi connectivity index (χ1n) is 5.73. The molecule has 6 heteroatoms. The van der Waals surface area contributed by atoms with Crippen LogP contribution >= 0.6 is 0 Å². The van der Waals surface area contributed by atoms with Crippen molar-refractivity contribution in [1.82, 2.24) is 14.9 Å². The van der Waals surface area contributed by atoms with Crippen molar-refractivity contribution >= 4 is 11.5 Å². The van der Waals surface area contributed by atoms with Crippen LogP contribution in [0, 0.1) is 0 Å². The SMILES string of the molecule is COc1ncnc(N2CCN(C)C(C)C2)c1N. The predicted molar refractivity (Wildman–Crippen MR) is 67.3 cm³/mol. The van der Waals surface area contributed by atoms with E-state index in [1.165, 1.54) is 6.33 Å². The number of ether oxygens (including phenoxy) is 1. The summed E-state index contributed by atoms with van der Waals surface area (Å²) in [5.74, 6) is 1.22. The van der Waals surface area contributed by atoms with Gasteiger partial charge in [-0.15, -0.1) is 0 Å². The molecule has 6 nitrogen and oxygen atoms in total. The van der Waals surface area contributed by atoms with E-state index in [4.69, 9.17) is 10.5 Å². The first-order valence-corrected chi connectivity index (χ1v) is 5.73. The Morgan fingerprint density at radius 2 is 2.18 bits per heavy atom. The van der Waals surface area contributed by atoms with Gasteiger partial charge in [0.1, 0.15) is 12.0 Å². The lowest BCUT2D eigenvalue weighted by atomic mass is 10.2. The summed E-state index contributed by atoms with van der Waals surface area (Å²) in [5.41, 5.74) is 6.52. The summed E-state index contributed by atoms with van der Waals surface area (Å²) in [6.07, 6.45) is 1.49. The predicted octanol–water partition coefficient (Wildman–Crippen LogP) is 0.208. The van der Waals surface area contributed by atoms with Crippen molar-refractivity contribution in [2.24, 2.45) is 0 Å². The Bertz CT molecular complexity index is 397. The van der Waals surface area contributed by atoms with Crippen molar-refractivity contribution in [3.63, 3.8) is 0 Å². The van der Waals surface area contributed by atoms with E-state index in [-0.39, 0.29) is 0 Å². The minimum absolute atomic E-state index is 0.446. The molecule has 2 rings (SSSR count). The number of hydrogen-bond acceptors (Lipinski definition) is 6. The highest BCUT2D eigenvalue weighted by Crippen LogP contribution is 2.28. The Balaban J connectivity index is 2.23. The molecule has 0 bridgehead atoms. The van der Waals surface area contributed by atoms with E-state index in [0.29, 0.717) is 17.6 Å². The van der Waals surface area contributed by atoms with E-state index >= 15 is 0 Å². The molecule has 1 atom stereocenters. The Hall–Kier alpha value is -1.56. The number of piperazine rings is 1. The van der Waals surface area contributed by atoms with E-state index < -0.39 is 0 Å². The Kier molecular flexibility index (Phi) is 3.33. The van der Waals surface area contributed by atoms with Gasteiger partial charge in [0, 0.05) is 25.7 Å². The third-order valence-electron chi connectivity index (χ3n) is 3.28. The summed E-state index contributed by atoms with van der Waals surface area (Å²) in [5, 5.41) is 0. The van der Waals surface area contributed by atoms with Gasteiger partial charge in [0.05, 0.1) is 7.11 Å². The number of nitrogens with zero attached hydrogens (tertiary/aromatic N) is 4. The normalized spacial score (nSPS) is 21.6. The number of rotatable bonds is 2. The van der Waals surface area contributed by atoms with E-state index in [9.17, 15) is 0 Å². The molecular weight excluding hydrogens is 218 g/mol. The molecule has 1 fully saturated rings. The lowest BCUT2D eigenvalue weighted by Gasteiger charge is -2.38. The molecule has 0 saturated carbocycles. The Morgan fingerprint density at radius 3 is 2.82 bits per heavy atom. The standard InChI is InChI=1S/C11H19N5O/c1-8-6-16(5-4-15(8)2)10-9(12)11(17-3)14-7-13-10/h7-8H,4-6,12H2,1-3H3. The number of nitrogen functional groups attached to an aromatic ring is 1. The molecule has 0 radical (unpaired) electrons. The zero-order valence-electron chi connectivity index (χ0n) is 10.6. The summed E-state index contributed by atoms with van der Waals surface area (Å²) >= 11 is 0. The van der Waals surface area contributed by atoms with Gasteiger partial charge in [-0.25, -0.2) is 4.98 Å². The second-order valence-electron chi connectivity index (χ2n) is 4.40. The van der Waals surface area contributed by atoms with Gasteiger partial charge in [0.15, 0.2) is 5.82 Å². The summed E-state index contributed by atoms with van der Waals surface area (Å²) < 4.78 is 5.11. The van der Waals surface area contributed by atoms with Crippen LogP contribution in [0.4, 0.5) is 11.5 Å². The molecule has 0 amide bonds. The fourth-order valence-corrected chi connectivity index (χ4v) is 2.03.